The number of aliphatic imine (C=N–C) groups is 1. The third-order valence-electron chi connectivity index (χ3n) is 6.80. The van der Waals surface area contributed by atoms with Crippen molar-refractivity contribution in [1.82, 2.24) is 9.80 Å². The third kappa shape index (κ3) is 11.0. The molecule has 7 nitrogen and oxygen atoms in total. The highest BCUT2D eigenvalue weighted by atomic mass is 19.1. The number of nitriles is 1. The number of piperazine rings is 1. The van der Waals surface area contributed by atoms with Crippen LogP contribution < -0.4 is 11.5 Å². The van der Waals surface area contributed by atoms with Gasteiger partial charge in [-0.05, 0) is 51.3 Å². The first-order valence-electron chi connectivity index (χ1n) is 14.7. The van der Waals surface area contributed by atoms with E-state index in [1.54, 1.807) is 12.1 Å². The number of hydrogen-bond acceptors (Lipinski definition) is 6. The highest BCUT2D eigenvalue weighted by Gasteiger charge is 2.25. The first-order valence-corrected chi connectivity index (χ1v) is 14.7. The van der Waals surface area contributed by atoms with Gasteiger partial charge in [0.2, 0.25) is 5.91 Å². The fraction of sp³-hybridized carbons (Fsp3) is 0.441. The number of amides is 1. The van der Waals surface area contributed by atoms with E-state index in [0.29, 0.717) is 29.9 Å². The lowest BCUT2D eigenvalue weighted by molar-refractivity contribution is -0.135. The second kappa shape index (κ2) is 19.1. The first-order chi connectivity index (χ1) is 20.1. The molecule has 1 aromatic carbocycles. The molecule has 0 radical (unpaired) electrons. The Morgan fingerprint density at radius 2 is 1.76 bits per heavy atom. The molecule has 0 aromatic heterocycles. The Morgan fingerprint density at radius 3 is 2.26 bits per heavy atom. The standard InChI is InChI=1S/C26H36FN3O.C8H13N3/c1-7-9-14-28-20(5)25(22(8-2)23-12-10-11-13-24(23)27)21(6)29-15-17-30(18-16-29)26(31)19(3)4;1-2-3-8(11)4-7(5-9)6-10/h8-14,19H,7,15-18H2,1-6H3;4-5H,2-3,9,11H2,1H3/b14-9+,22-8-,25-21-,28-20+;7-5+,8-4-. The highest BCUT2D eigenvalue weighted by Crippen LogP contribution is 2.31. The zero-order chi connectivity index (χ0) is 31.7. The topological polar surface area (TPSA) is 112 Å². The normalized spacial score (nSPS) is 15.8. The van der Waals surface area contributed by atoms with E-state index in [0.717, 1.165) is 54.9 Å². The average molecular weight is 577 g/mol. The third-order valence-corrected chi connectivity index (χ3v) is 6.80. The number of carbonyl (C=O) groups excluding carboxylic acids is 1. The Balaban J connectivity index is 0.000000679. The number of halogens is 1. The smallest absolute Gasteiger partial charge is 0.225 e. The Bertz CT molecular complexity index is 1250. The van der Waals surface area contributed by atoms with Crippen molar-refractivity contribution in [1.29, 1.82) is 5.26 Å². The summed E-state index contributed by atoms with van der Waals surface area (Å²) in [7, 11) is 0. The summed E-state index contributed by atoms with van der Waals surface area (Å²) in [5.41, 5.74) is 16.1. The molecule has 0 spiro atoms. The van der Waals surface area contributed by atoms with E-state index < -0.39 is 0 Å². The van der Waals surface area contributed by atoms with Crippen LogP contribution in [0.4, 0.5) is 4.39 Å². The van der Waals surface area contributed by atoms with E-state index in [4.69, 9.17) is 16.7 Å². The van der Waals surface area contributed by atoms with Gasteiger partial charge in [-0.1, -0.05) is 64.5 Å². The Labute approximate surface area is 252 Å². The number of allylic oxidation sites excluding steroid dienone is 8. The molecule has 1 fully saturated rings. The molecule has 0 atom stereocenters. The molecule has 0 aliphatic carbocycles. The lowest BCUT2D eigenvalue weighted by atomic mass is 9.92. The van der Waals surface area contributed by atoms with Gasteiger partial charge in [-0.2, -0.15) is 5.26 Å². The molecular weight excluding hydrogens is 527 g/mol. The number of nitrogens with two attached hydrogens (primary N) is 2. The molecule has 42 heavy (non-hydrogen) atoms. The van der Waals surface area contributed by atoms with Crippen LogP contribution in [0.3, 0.4) is 0 Å². The second-order valence-corrected chi connectivity index (χ2v) is 10.3. The minimum Gasteiger partial charge on any atom is -0.404 e. The molecule has 1 aromatic rings. The average Bonchev–Trinajstić information content (AvgIpc) is 2.99. The van der Waals surface area contributed by atoms with Crippen molar-refractivity contribution < 1.29 is 9.18 Å². The van der Waals surface area contributed by atoms with Gasteiger partial charge in [0.15, 0.2) is 0 Å². The summed E-state index contributed by atoms with van der Waals surface area (Å²) >= 11 is 0. The van der Waals surface area contributed by atoms with Crippen molar-refractivity contribution in [3.63, 3.8) is 0 Å². The lowest BCUT2D eigenvalue weighted by Crippen LogP contribution is -2.49. The Kier molecular flexibility index (Phi) is 16.3. The lowest BCUT2D eigenvalue weighted by Gasteiger charge is -2.38. The van der Waals surface area contributed by atoms with Crippen molar-refractivity contribution in [2.75, 3.05) is 26.2 Å². The van der Waals surface area contributed by atoms with E-state index in [2.05, 4.69) is 23.7 Å². The summed E-state index contributed by atoms with van der Waals surface area (Å²) in [6.07, 6.45) is 11.3. The predicted molar refractivity (Wildman–Crippen MR) is 173 cm³/mol. The molecule has 1 saturated heterocycles. The van der Waals surface area contributed by atoms with Crippen LogP contribution in [-0.4, -0.2) is 47.6 Å². The molecule has 8 heteroatoms. The number of nitrogens with zero attached hydrogens (tertiary/aromatic N) is 4. The van der Waals surface area contributed by atoms with Crippen molar-refractivity contribution in [2.24, 2.45) is 22.4 Å². The quantitative estimate of drug-likeness (QED) is 0.183. The summed E-state index contributed by atoms with van der Waals surface area (Å²) in [5.74, 6) is -0.0382. The van der Waals surface area contributed by atoms with Crippen LogP contribution >= 0.6 is 0 Å². The van der Waals surface area contributed by atoms with Gasteiger partial charge in [0.1, 0.15) is 11.9 Å². The fourth-order valence-corrected chi connectivity index (χ4v) is 4.56. The zero-order valence-electron chi connectivity index (χ0n) is 26.5. The molecule has 4 N–H and O–H groups in total. The van der Waals surface area contributed by atoms with Crippen LogP contribution in [-0.2, 0) is 4.79 Å². The fourth-order valence-electron chi connectivity index (χ4n) is 4.56. The van der Waals surface area contributed by atoms with Gasteiger partial charge in [-0.3, -0.25) is 9.79 Å². The van der Waals surface area contributed by atoms with E-state index in [1.807, 2.05) is 76.1 Å². The van der Waals surface area contributed by atoms with Crippen molar-refractivity contribution in [3.05, 3.63) is 88.8 Å². The van der Waals surface area contributed by atoms with Crippen LogP contribution in [0.5, 0.6) is 0 Å². The molecular formula is C34H49FN6O. The van der Waals surface area contributed by atoms with E-state index in [-0.39, 0.29) is 17.6 Å². The second-order valence-electron chi connectivity index (χ2n) is 10.3. The van der Waals surface area contributed by atoms with Gasteiger partial charge in [0, 0.05) is 72.7 Å². The summed E-state index contributed by atoms with van der Waals surface area (Å²) in [5, 5.41) is 8.44. The van der Waals surface area contributed by atoms with Crippen LogP contribution in [0, 0.1) is 23.1 Å². The molecule has 2 rings (SSSR count). The SMILES string of the molecule is CCC/C(N)=C/C(C#N)=C\N.C\C=C(C(/C(C)=N/C=C/CC)=C(/C)N1CCN(C(=O)C(C)C)CC1)\c1ccccc1F. The van der Waals surface area contributed by atoms with Gasteiger partial charge in [-0.15, -0.1) is 0 Å². The van der Waals surface area contributed by atoms with Crippen LogP contribution in [0.15, 0.2) is 82.4 Å². The number of carbonyl (C=O) groups is 1. The van der Waals surface area contributed by atoms with Crippen molar-refractivity contribution >= 4 is 17.2 Å². The van der Waals surface area contributed by atoms with E-state index in [9.17, 15) is 9.18 Å². The minimum atomic E-state index is -0.245. The molecule has 1 amide bonds. The molecule has 0 unspecified atom stereocenters. The summed E-state index contributed by atoms with van der Waals surface area (Å²) in [6, 6.07) is 8.79. The number of hydrogen-bond donors (Lipinski definition) is 2. The summed E-state index contributed by atoms with van der Waals surface area (Å²) in [6.45, 7) is 16.8. The van der Waals surface area contributed by atoms with Gasteiger partial charge in [0.05, 0.1) is 5.57 Å². The molecule has 0 saturated carbocycles. The van der Waals surface area contributed by atoms with Gasteiger partial charge >= 0.3 is 0 Å². The molecule has 228 valence electrons. The van der Waals surface area contributed by atoms with E-state index >= 15 is 0 Å². The molecule has 1 aliphatic heterocycles. The molecule has 0 bridgehead atoms. The van der Waals surface area contributed by atoms with Crippen LogP contribution in [0.2, 0.25) is 0 Å². The summed E-state index contributed by atoms with van der Waals surface area (Å²) < 4.78 is 14.7. The number of rotatable bonds is 10. The number of benzene rings is 1. The van der Waals surface area contributed by atoms with Gasteiger partial charge in [0.25, 0.3) is 0 Å². The zero-order valence-corrected chi connectivity index (χ0v) is 26.5. The first kappa shape index (κ1) is 35.9. The largest absolute Gasteiger partial charge is 0.404 e. The van der Waals surface area contributed by atoms with E-state index in [1.165, 1.54) is 12.3 Å². The maximum absolute atomic E-state index is 14.7. The Hall–Kier alpha value is -4.12. The molecule has 1 heterocycles. The minimum absolute atomic E-state index is 0.00849. The predicted octanol–water partition coefficient (Wildman–Crippen LogP) is 6.68. The summed E-state index contributed by atoms with van der Waals surface area (Å²) in [4.78, 5) is 21.2. The monoisotopic (exact) mass is 576 g/mol. The van der Waals surface area contributed by atoms with Crippen molar-refractivity contribution in [2.45, 2.75) is 67.7 Å². The van der Waals surface area contributed by atoms with Gasteiger partial charge in [-0.25, -0.2) is 4.39 Å². The maximum Gasteiger partial charge on any atom is 0.225 e. The Morgan fingerprint density at radius 1 is 1.14 bits per heavy atom. The maximum atomic E-state index is 14.7. The molecule has 1 aliphatic rings. The van der Waals surface area contributed by atoms with Crippen LogP contribution in [0.25, 0.3) is 5.57 Å². The highest BCUT2D eigenvalue weighted by molar-refractivity contribution is 6.12. The van der Waals surface area contributed by atoms with Crippen LogP contribution in [0.1, 0.15) is 73.3 Å². The van der Waals surface area contributed by atoms with Crippen molar-refractivity contribution in [3.8, 4) is 6.07 Å². The van der Waals surface area contributed by atoms with Gasteiger partial charge < -0.3 is 21.3 Å².